The Morgan fingerprint density at radius 3 is 2.80 bits per heavy atom. The fourth-order valence-corrected chi connectivity index (χ4v) is 1.77. The molecule has 0 bridgehead atoms. The molecule has 0 aliphatic heterocycles. The maximum absolute atomic E-state index is 4.12. The molecular formula is C6H6Br2N2. The van der Waals surface area contributed by atoms with Crippen LogP contribution in [0.4, 0.5) is 0 Å². The van der Waals surface area contributed by atoms with E-state index in [-0.39, 0.29) is 0 Å². The van der Waals surface area contributed by atoms with E-state index in [4.69, 9.17) is 0 Å². The summed E-state index contributed by atoms with van der Waals surface area (Å²) in [6, 6.07) is 1.89. The number of aromatic nitrogens is 2. The first-order chi connectivity index (χ1) is 4.74. The van der Waals surface area contributed by atoms with Crippen molar-refractivity contribution >= 4 is 31.9 Å². The van der Waals surface area contributed by atoms with E-state index in [2.05, 4.69) is 43.5 Å². The molecule has 1 heterocycles. The van der Waals surface area contributed by atoms with Crippen molar-refractivity contribution in [2.24, 2.45) is 0 Å². The number of allylic oxidation sites excluding steroid dienone is 1. The minimum absolute atomic E-state index is 0.728. The first-order valence-electron chi connectivity index (χ1n) is 2.74. The third-order valence-corrected chi connectivity index (χ3v) is 2.03. The molecule has 0 N–H and O–H groups in total. The second-order valence-electron chi connectivity index (χ2n) is 1.76. The van der Waals surface area contributed by atoms with Gasteiger partial charge in [-0.25, -0.2) is 0 Å². The van der Waals surface area contributed by atoms with Gasteiger partial charge >= 0.3 is 0 Å². The van der Waals surface area contributed by atoms with Crippen molar-refractivity contribution in [1.29, 1.82) is 0 Å². The number of nitrogens with zero attached hydrogens (tertiary/aromatic N) is 2. The van der Waals surface area contributed by atoms with Crippen LogP contribution in [0.5, 0.6) is 0 Å². The molecule has 2 nitrogen and oxygen atoms in total. The van der Waals surface area contributed by atoms with Crippen LogP contribution < -0.4 is 0 Å². The zero-order valence-electron chi connectivity index (χ0n) is 5.22. The second kappa shape index (κ2) is 3.34. The summed E-state index contributed by atoms with van der Waals surface area (Å²) in [7, 11) is 0. The Morgan fingerprint density at radius 1 is 1.70 bits per heavy atom. The summed E-state index contributed by atoms with van der Waals surface area (Å²) in [6.07, 6.45) is 1.80. The monoisotopic (exact) mass is 264 g/mol. The normalized spacial score (nSPS) is 9.80. The van der Waals surface area contributed by atoms with Crippen molar-refractivity contribution in [3.05, 3.63) is 27.9 Å². The Balaban J connectivity index is 2.91. The predicted octanol–water partition coefficient (Wildman–Crippen LogP) is 2.59. The average Bonchev–Trinajstić information content (AvgIpc) is 2.13. The zero-order chi connectivity index (χ0) is 7.56. The lowest BCUT2D eigenvalue weighted by Crippen LogP contribution is -1.96. The van der Waals surface area contributed by atoms with E-state index in [1.165, 1.54) is 0 Å². The summed E-state index contributed by atoms with van der Waals surface area (Å²) in [6.45, 7) is 4.34. The summed E-state index contributed by atoms with van der Waals surface area (Å²) in [4.78, 5) is 0. The SMILES string of the molecule is C=CCn1nc(Br)cc1Br. The topological polar surface area (TPSA) is 17.8 Å². The molecule has 0 unspecified atom stereocenters. The molecular weight excluding hydrogens is 260 g/mol. The van der Waals surface area contributed by atoms with Crippen LogP contribution in [0, 0.1) is 0 Å². The number of hydrogen-bond donors (Lipinski definition) is 0. The van der Waals surface area contributed by atoms with Crippen molar-refractivity contribution in [3.8, 4) is 0 Å². The largest absolute Gasteiger partial charge is 0.254 e. The van der Waals surface area contributed by atoms with E-state index >= 15 is 0 Å². The second-order valence-corrected chi connectivity index (χ2v) is 3.39. The molecule has 0 saturated carbocycles. The highest BCUT2D eigenvalue weighted by molar-refractivity contribution is 9.11. The highest BCUT2D eigenvalue weighted by Crippen LogP contribution is 2.15. The molecule has 1 aromatic heterocycles. The molecule has 4 heteroatoms. The molecule has 0 fully saturated rings. The van der Waals surface area contributed by atoms with Gasteiger partial charge in [0.15, 0.2) is 0 Å². The molecule has 54 valence electrons. The molecule has 0 aliphatic rings. The third kappa shape index (κ3) is 1.70. The Morgan fingerprint density at radius 2 is 2.40 bits per heavy atom. The summed E-state index contributed by atoms with van der Waals surface area (Å²) in [5, 5.41) is 4.12. The van der Waals surface area contributed by atoms with Crippen LogP contribution in [0.15, 0.2) is 27.9 Å². The summed E-state index contributed by atoms with van der Waals surface area (Å²) in [5.74, 6) is 0. The van der Waals surface area contributed by atoms with Crippen LogP contribution >= 0.6 is 31.9 Å². The third-order valence-electron chi connectivity index (χ3n) is 1.00. The molecule has 1 rings (SSSR count). The predicted molar refractivity (Wildman–Crippen MR) is 47.8 cm³/mol. The molecule has 10 heavy (non-hydrogen) atoms. The summed E-state index contributed by atoms with van der Waals surface area (Å²) < 4.78 is 3.59. The van der Waals surface area contributed by atoms with Gasteiger partial charge in [0, 0.05) is 6.07 Å². The van der Waals surface area contributed by atoms with Gasteiger partial charge in [0.05, 0.1) is 6.54 Å². The van der Waals surface area contributed by atoms with E-state index in [1.807, 2.05) is 6.07 Å². The highest BCUT2D eigenvalue weighted by atomic mass is 79.9. The van der Waals surface area contributed by atoms with Crippen molar-refractivity contribution in [3.63, 3.8) is 0 Å². The molecule has 0 atom stereocenters. The standard InChI is InChI=1S/C6H6Br2N2/c1-2-3-10-6(8)4-5(7)9-10/h2,4H,1,3H2. The van der Waals surface area contributed by atoms with E-state index in [0.29, 0.717) is 0 Å². The molecule has 1 aromatic rings. The van der Waals surface area contributed by atoms with E-state index < -0.39 is 0 Å². The van der Waals surface area contributed by atoms with Gasteiger partial charge in [-0.2, -0.15) is 5.10 Å². The van der Waals surface area contributed by atoms with Crippen molar-refractivity contribution in [1.82, 2.24) is 9.78 Å². The first kappa shape index (κ1) is 8.01. The summed E-state index contributed by atoms with van der Waals surface area (Å²) >= 11 is 6.60. The Kier molecular flexibility index (Phi) is 2.68. The maximum Gasteiger partial charge on any atom is 0.129 e. The van der Waals surface area contributed by atoms with Crippen LogP contribution in [0.3, 0.4) is 0 Å². The molecule has 0 saturated heterocycles. The van der Waals surface area contributed by atoms with E-state index in [0.717, 1.165) is 15.8 Å². The van der Waals surface area contributed by atoms with Crippen LogP contribution in [0.2, 0.25) is 0 Å². The fraction of sp³-hybridized carbons (Fsp3) is 0.167. The molecule has 0 radical (unpaired) electrons. The van der Waals surface area contributed by atoms with Crippen LogP contribution in [0.25, 0.3) is 0 Å². The molecule has 0 aromatic carbocycles. The molecule has 0 aliphatic carbocycles. The Labute approximate surface area is 76.2 Å². The van der Waals surface area contributed by atoms with Gasteiger partial charge in [0.25, 0.3) is 0 Å². The van der Waals surface area contributed by atoms with Crippen LogP contribution in [-0.4, -0.2) is 9.78 Å². The lowest BCUT2D eigenvalue weighted by molar-refractivity contribution is 0.682. The Hall–Kier alpha value is -0.0900. The average molecular weight is 266 g/mol. The fourth-order valence-electron chi connectivity index (χ4n) is 0.615. The lowest BCUT2D eigenvalue weighted by Gasteiger charge is -1.94. The van der Waals surface area contributed by atoms with E-state index in [9.17, 15) is 0 Å². The van der Waals surface area contributed by atoms with Gasteiger partial charge in [0.2, 0.25) is 0 Å². The molecule has 0 spiro atoms. The van der Waals surface area contributed by atoms with Crippen molar-refractivity contribution in [2.75, 3.05) is 0 Å². The molecule has 0 amide bonds. The van der Waals surface area contributed by atoms with Crippen molar-refractivity contribution in [2.45, 2.75) is 6.54 Å². The van der Waals surface area contributed by atoms with Crippen LogP contribution in [-0.2, 0) is 6.54 Å². The quantitative estimate of drug-likeness (QED) is 0.752. The van der Waals surface area contributed by atoms with Gasteiger partial charge in [0.1, 0.15) is 9.21 Å². The minimum atomic E-state index is 0.728. The smallest absolute Gasteiger partial charge is 0.129 e. The Bertz CT molecular complexity index is 242. The van der Waals surface area contributed by atoms with Gasteiger partial charge in [-0.15, -0.1) is 6.58 Å². The minimum Gasteiger partial charge on any atom is -0.254 e. The number of hydrogen-bond acceptors (Lipinski definition) is 1. The number of halogens is 2. The number of rotatable bonds is 2. The van der Waals surface area contributed by atoms with Gasteiger partial charge in [-0.3, -0.25) is 4.68 Å². The van der Waals surface area contributed by atoms with E-state index in [1.54, 1.807) is 10.8 Å². The van der Waals surface area contributed by atoms with Gasteiger partial charge < -0.3 is 0 Å². The van der Waals surface area contributed by atoms with Gasteiger partial charge in [-0.1, -0.05) is 6.08 Å². The van der Waals surface area contributed by atoms with Crippen LogP contribution in [0.1, 0.15) is 0 Å². The summed E-state index contributed by atoms with van der Waals surface area (Å²) in [5.41, 5.74) is 0. The first-order valence-corrected chi connectivity index (χ1v) is 4.32. The lowest BCUT2D eigenvalue weighted by atomic mass is 10.6. The van der Waals surface area contributed by atoms with Gasteiger partial charge in [-0.05, 0) is 31.9 Å². The zero-order valence-corrected chi connectivity index (χ0v) is 8.39. The highest BCUT2D eigenvalue weighted by Gasteiger charge is 1.99. The maximum atomic E-state index is 4.12. The van der Waals surface area contributed by atoms with Crippen molar-refractivity contribution < 1.29 is 0 Å².